The largest absolute Gasteiger partial charge is 0.305 e. The van der Waals surface area contributed by atoms with E-state index in [1.807, 2.05) is 6.92 Å². The molecule has 0 saturated heterocycles. The van der Waals surface area contributed by atoms with Crippen LogP contribution in [0.1, 0.15) is 18.1 Å². The number of rotatable bonds is 2. The molecule has 1 rings (SSSR count). The highest BCUT2D eigenvalue weighted by Crippen LogP contribution is 2.07. The summed E-state index contributed by atoms with van der Waals surface area (Å²) in [5.74, 6) is 0. The van der Waals surface area contributed by atoms with Crippen molar-refractivity contribution in [2.24, 2.45) is 0 Å². The van der Waals surface area contributed by atoms with Crippen molar-refractivity contribution in [1.82, 2.24) is 4.90 Å². The Morgan fingerprint density at radius 3 is 2.21 bits per heavy atom. The fourth-order valence-corrected chi connectivity index (χ4v) is 1.13. The van der Waals surface area contributed by atoms with Crippen LogP contribution in [-0.4, -0.2) is 19.0 Å². The van der Waals surface area contributed by atoms with E-state index >= 15 is 0 Å². The summed E-state index contributed by atoms with van der Waals surface area (Å²) >= 11 is 0. The minimum absolute atomic E-state index is 1.03. The smallest absolute Gasteiger partial charge is 0.0230 e. The fourth-order valence-electron chi connectivity index (χ4n) is 1.13. The van der Waals surface area contributed by atoms with E-state index in [4.69, 9.17) is 0 Å². The van der Waals surface area contributed by atoms with Crippen LogP contribution in [0.25, 0.3) is 0 Å². The van der Waals surface area contributed by atoms with E-state index in [-0.39, 0.29) is 0 Å². The van der Waals surface area contributed by atoms with Gasteiger partial charge in [0, 0.05) is 6.54 Å². The van der Waals surface area contributed by atoms with Crippen LogP contribution in [0.4, 0.5) is 0 Å². The quantitative estimate of drug-likeness (QED) is 0.649. The highest BCUT2D eigenvalue weighted by Gasteiger charge is 1.96. The maximum atomic E-state index is 3.36. The molecule has 78 valence electrons. The van der Waals surface area contributed by atoms with Crippen molar-refractivity contribution < 1.29 is 0 Å². The second-order valence-electron chi connectivity index (χ2n) is 3.57. The molecule has 0 spiro atoms. The molecule has 1 heteroatoms. The standard InChI is InChI=1S/C10H15N.C3H6/c1-9-6-4-5-7-10(9)8-11(2)3;1-3-2/h4-7H,8H2,1-3H3;3H,1H2,2H3. The third-order valence-corrected chi connectivity index (χ3v) is 1.75. The zero-order chi connectivity index (χ0) is 11.0. The summed E-state index contributed by atoms with van der Waals surface area (Å²) in [5.41, 5.74) is 2.79. The number of allylic oxidation sites excluding steroid dienone is 1. The predicted molar refractivity (Wildman–Crippen MR) is 64.4 cm³/mol. The molecule has 0 atom stereocenters. The Hall–Kier alpha value is -1.08. The first-order valence-corrected chi connectivity index (χ1v) is 4.88. The SMILES string of the molecule is C=CC.Cc1ccccc1CN(C)C. The summed E-state index contributed by atoms with van der Waals surface area (Å²) in [6, 6.07) is 8.49. The van der Waals surface area contributed by atoms with E-state index < -0.39 is 0 Å². The lowest BCUT2D eigenvalue weighted by Gasteiger charge is -2.11. The number of aryl methyl sites for hydroxylation is 1. The van der Waals surface area contributed by atoms with Crippen molar-refractivity contribution in [1.29, 1.82) is 0 Å². The average Bonchev–Trinajstić information content (AvgIpc) is 2.09. The Kier molecular flexibility index (Phi) is 6.77. The van der Waals surface area contributed by atoms with Gasteiger partial charge in [0.05, 0.1) is 0 Å². The van der Waals surface area contributed by atoms with Gasteiger partial charge in [0.25, 0.3) is 0 Å². The first kappa shape index (κ1) is 12.9. The van der Waals surface area contributed by atoms with E-state index in [9.17, 15) is 0 Å². The zero-order valence-corrected chi connectivity index (χ0v) is 9.75. The summed E-state index contributed by atoms with van der Waals surface area (Å²) in [6.45, 7) is 8.44. The topological polar surface area (TPSA) is 3.24 Å². The van der Waals surface area contributed by atoms with E-state index in [2.05, 4.69) is 56.8 Å². The first-order valence-electron chi connectivity index (χ1n) is 4.88. The number of hydrogen-bond donors (Lipinski definition) is 0. The van der Waals surface area contributed by atoms with E-state index in [0.717, 1.165) is 6.54 Å². The minimum atomic E-state index is 1.03. The van der Waals surface area contributed by atoms with Gasteiger partial charge in [-0.2, -0.15) is 0 Å². The number of benzene rings is 1. The van der Waals surface area contributed by atoms with E-state index in [0.29, 0.717) is 0 Å². The maximum absolute atomic E-state index is 3.36. The van der Waals surface area contributed by atoms with Crippen molar-refractivity contribution in [3.05, 3.63) is 48.0 Å². The molecule has 0 aliphatic rings. The molecule has 0 aliphatic carbocycles. The Balaban J connectivity index is 0.000000500. The van der Waals surface area contributed by atoms with Crippen LogP contribution in [0.2, 0.25) is 0 Å². The van der Waals surface area contributed by atoms with Gasteiger partial charge in [-0.25, -0.2) is 0 Å². The van der Waals surface area contributed by atoms with Crippen LogP contribution in [-0.2, 0) is 6.54 Å². The van der Waals surface area contributed by atoms with Crippen LogP contribution in [0.3, 0.4) is 0 Å². The van der Waals surface area contributed by atoms with Gasteiger partial charge in [0.2, 0.25) is 0 Å². The van der Waals surface area contributed by atoms with Gasteiger partial charge in [0.1, 0.15) is 0 Å². The Morgan fingerprint density at radius 2 is 1.79 bits per heavy atom. The van der Waals surface area contributed by atoms with Crippen LogP contribution in [0.5, 0.6) is 0 Å². The van der Waals surface area contributed by atoms with Gasteiger partial charge in [-0.1, -0.05) is 30.3 Å². The second-order valence-corrected chi connectivity index (χ2v) is 3.57. The minimum Gasteiger partial charge on any atom is -0.305 e. The van der Waals surface area contributed by atoms with Crippen LogP contribution >= 0.6 is 0 Å². The third-order valence-electron chi connectivity index (χ3n) is 1.75. The average molecular weight is 191 g/mol. The van der Waals surface area contributed by atoms with Gasteiger partial charge >= 0.3 is 0 Å². The molecule has 0 heterocycles. The predicted octanol–water partition coefficient (Wildman–Crippen LogP) is 3.25. The van der Waals surface area contributed by atoms with Crippen molar-refractivity contribution in [3.8, 4) is 0 Å². The van der Waals surface area contributed by atoms with Crippen LogP contribution < -0.4 is 0 Å². The van der Waals surface area contributed by atoms with Gasteiger partial charge < -0.3 is 4.90 Å². The molecule has 14 heavy (non-hydrogen) atoms. The number of nitrogens with zero attached hydrogens (tertiary/aromatic N) is 1. The molecular formula is C13H21N. The highest BCUT2D eigenvalue weighted by atomic mass is 15.0. The van der Waals surface area contributed by atoms with Gasteiger partial charge in [-0.15, -0.1) is 6.58 Å². The van der Waals surface area contributed by atoms with Crippen molar-refractivity contribution in [3.63, 3.8) is 0 Å². The highest BCUT2D eigenvalue weighted by molar-refractivity contribution is 5.25. The van der Waals surface area contributed by atoms with Crippen LogP contribution in [0.15, 0.2) is 36.9 Å². The molecule has 1 aromatic rings. The Bertz CT molecular complexity index is 264. The zero-order valence-electron chi connectivity index (χ0n) is 9.75. The molecule has 0 amide bonds. The molecule has 0 aliphatic heterocycles. The van der Waals surface area contributed by atoms with Crippen molar-refractivity contribution in [2.45, 2.75) is 20.4 Å². The molecular weight excluding hydrogens is 170 g/mol. The lowest BCUT2D eigenvalue weighted by Crippen LogP contribution is -2.11. The Labute approximate surface area is 88.1 Å². The maximum Gasteiger partial charge on any atom is 0.0230 e. The third kappa shape index (κ3) is 5.55. The summed E-state index contributed by atoms with van der Waals surface area (Å²) in [7, 11) is 4.18. The lowest BCUT2D eigenvalue weighted by molar-refractivity contribution is 0.401. The van der Waals surface area contributed by atoms with Crippen LogP contribution in [0, 0.1) is 6.92 Å². The molecule has 0 bridgehead atoms. The van der Waals surface area contributed by atoms with Gasteiger partial charge in [0.15, 0.2) is 0 Å². The van der Waals surface area contributed by atoms with Crippen molar-refractivity contribution >= 4 is 0 Å². The second kappa shape index (κ2) is 7.34. The first-order chi connectivity index (χ1) is 6.61. The summed E-state index contributed by atoms with van der Waals surface area (Å²) in [5, 5.41) is 0. The normalized spacial score (nSPS) is 9.21. The fraction of sp³-hybridized carbons (Fsp3) is 0.385. The summed E-state index contributed by atoms with van der Waals surface area (Å²) in [6.07, 6.45) is 1.75. The molecule has 1 aromatic carbocycles. The molecule has 0 N–H and O–H groups in total. The molecule has 0 fully saturated rings. The van der Waals surface area contributed by atoms with E-state index in [1.165, 1.54) is 11.1 Å². The van der Waals surface area contributed by atoms with Crippen molar-refractivity contribution in [2.75, 3.05) is 14.1 Å². The molecule has 0 aromatic heterocycles. The monoisotopic (exact) mass is 191 g/mol. The lowest BCUT2D eigenvalue weighted by atomic mass is 10.1. The van der Waals surface area contributed by atoms with Gasteiger partial charge in [-0.05, 0) is 39.1 Å². The molecule has 1 nitrogen and oxygen atoms in total. The molecule has 0 unspecified atom stereocenters. The van der Waals surface area contributed by atoms with E-state index in [1.54, 1.807) is 6.08 Å². The Morgan fingerprint density at radius 1 is 1.29 bits per heavy atom. The summed E-state index contributed by atoms with van der Waals surface area (Å²) in [4.78, 5) is 2.18. The number of hydrogen-bond acceptors (Lipinski definition) is 1. The molecule has 0 radical (unpaired) electrons. The molecule has 0 saturated carbocycles. The van der Waals surface area contributed by atoms with Gasteiger partial charge in [-0.3, -0.25) is 0 Å². The summed E-state index contributed by atoms with van der Waals surface area (Å²) < 4.78 is 0.